The third-order valence-corrected chi connectivity index (χ3v) is 5.62. The molecule has 1 amide bonds. The highest BCUT2D eigenvalue weighted by Crippen LogP contribution is 2.31. The summed E-state index contributed by atoms with van der Waals surface area (Å²) in [4.78, 5) is 20.2. The normalized spacial score (nSPS) is 16.7. The Hall–Kier alpha value is -2.60. The zero-order chi connectivity index (χ0) is 25.3. The summed E-state index contributed by atoms with van der Waals surface area (Å²) in [5, 5.41) is 0. The Morgan fingerprint density at radius 3 is 2.35 bits per heavy atom. The van der Waals surface area contributed by atoms with Crippen LogP contribution in [0.2, 0.25) is 0 Å². The van der Waals surface area contributed by atoms with Crippen molar-refractivity contribution in [3.63, 3.8) is 0 Å². The Morgan fingerprint density at radius 2 is 1.79 bits per heavy atom. The van der Waals surface area contributed by atoms with Crippen LogP contribution >= 0.6 is 9.24 Å². The summed E-state index contributed by atoms with van der Waals surface area (Å²) < 4.78 is 45.4. The van der Waals surface area contributed by atoms with Gasteiger partial charge in [-0.3, -0.25) is 4.99 Å². The van der Waals surface area contributed by atoms with Crippen LogP contribution in [0.5, 0.6) is 0 Å². The van der Waals surface area contributed by atoms with Gasteiger partial charge in [0.15, 0.2) is 6.61 Å². The number of allylic oxidation sites excluding steroid dienone is 5. The number of amides is 1. The van der Waals surface area contributed by atoms with Crippen molar-refractivity contribution in [2.45, 2.75) is 39.8 Å². The monoisotopic (exact) mass is 495 g/mol. The number of hydrogen-bond donors (Lipinski definition) is 0. The van der Waals surface area contributed by atoms with Crippen LogP contribution in [0.15, 0.2) is 58.9 Å². The highest BCUT2D eigenvalue weighted by molar-refractivity contribution is 7.18. The number of alkyl halides is 2. The Bertz CT molecular complexity index is 976. The first kappa shape index (κ1) is 27.6. The summed E-state index contributed by atoms with van der Waals surface area (Å²) in [5.74, 6) is -0.323. The summed E-state index contributed by atoms with van der Waals surface area (Å²) in [6, 6.07) is 6.61. The number of piperazine rings is 1. The van der Waals surface area contributed by atoms with Crippen molar-refractivity contribution in [3.05, 3.63) is 65.3 Å². The van der Waals surface area contributed by atoms with E-state index in [4.69, 9.17) is 4.74 Å². The summed E-state index contributed by atoms with van der Waals surface area (Å²) in [6.07, 6.45) is 5.65. The maximum atomic E-state index is 14.7. The maximum Gasteiger partial charge on any atom is 0.410 e. The second-order valence-corrected chi connectivity index (χ2v) is 8.78. The fraction of sp³-hybridized carbons (Fsp3) is 0.440. The number of benzene rings is 1. The number of rotatable bonds is 8. The number of carbonyl (C=O) groups excluding carboxylic acids is 1. The molecule has 1 aromatic carbocycles. The molecule has 1 unspecified atom stereocenters. The highest BCUT2D eigenvalue weighted by Gasteiger charge is 2.28. The van der Waals surface area contributed by atoms with Crippen LogP contribution in [0, 0.1) is 5.82 Å². The molecule has 9 heteroatoms. The van der Waals surface area contributed by atoms with Crippen LogP contribution in [0.4, 0.5) is 18.0 Å². The van der Waals surface area contributed by atoms with Gasteiger partial charge in [-0.25, -0.2) is 9.18 Å². The average molecular weight is 496 g/mol. The van der Waals surface area contributed by atoms with Gasteiger partial charge in [0.2, 0.25) is 0 Å². The quantitative estimate of drug-likeness (QED) is 0.248. The number of hydrogen-bond acceptors (Lipinski definition) is 4. The van der Waals surface area contributed by atoms with E-state index in [2.05, 4.69) is 9.89 Å². The molecule has 0 N–H and O–H groups in total. The first-order valence-corrected chi connectivity index (χ1v) is 11.8. The predicted octanol–water partition coefficient (Wildman–Crippen LogP) is 6.11. The number of carbonyl (C=O) groups is 1. The zero-order valence-electron chi connectivity index (χ0n) is 20.2. The molecule has 1 heterocycles. The summed E-state index contributed by atoms with van der Waals surface area (Å²) >= 11 is 0. The third-order valence-electron chi connectivity index (χ3n) is 5.46. The van der Waals surface area contributed by atoms with Crippen LogP contribution in [-0.4, -0.2) is 60.1 Å². The third kappa shape index (κ3) is 7.73. The molecular formula is C25H33F3N3O2P. The number of aliphatic imine (C=N–C) groups is 1. The van der Waals surface area contributed by atoms with Crippen molar-refractivity contribution >= 4 is 26.6 Å². The molecular weight excluding hydrogens is 462 g/mol. The molecule has 1 fully saturated rings. The van der Waals surface area contributed by atoms with E-state index in [1.165, 1.54) is 20.2 Å². The van der Waals surface area contributed by atoms with Crippen molar-refractivity contribution in [1.82, 2.24) is 9.80 Å². The molecule has 34 heavy (non-hydrogen) atoms. The first-order valence-electron chi connectivity index (χ1n) is 11.2. The highest BCUT2D eigenvalue weighted by atomic mass is 31.0. The van der Waals surface area contributed by atoms with E-state index in [-0.39, 0.29) is 5.82 Å². The van der Waals surface area contributed by atoms with E-state index < -0.39 is 18.4 Å². The topological polar surface area (TPSA) is 45.1 Å². The van der Waals surface area contributed by atoms with Crippen molar-refractivity contribution in [2.24, 2.45) is 4.99 Å². The van der Waals surface area contributed by atoms with Crippen LogP contribution in [0.1, 0.15) is 39.7 Å². The van der Waals surface area contributed by atoms with Crippen molar-refractivity contribution in [1.29, 1.82) is 0 Å². The molecule has 1 aliphatic rings. The molecule has 0 radical (unpaired) electrons. The molecule has 2 rings (SSSR count). The lowest BCUT2D eigenvalue weighted by Crippen LogP contribution is -2.48. The van der Waals surface area contributed by atoms with E-state index in [1.807, 2.05) is 39.8 Å². The van der Waals surface area contributed by atoms with Gasteiger partial charge in [-0.1, -0.05) is 46.5 Å². The maximum absolute atomic E-state index is 14.7. The van der Waals surface area contributed by atoms with Gasteiger partial charge in [-0.15, -0.1) is 0 Å². The van der Waals surface area contributed by atoms with Crippen molar-refractivity contribution in [3.8, 4) is 0 Å². The van der Waals surface area contributed by atoms with Crippen LogP contribution in [0.25, 0.3) is 5.57 Å². The molecule has 0 saturated carbocycles. The van der Waals surface area contributed by atoms with Gasteiger partial charge in [0, 0.05) is 54.9 Å². The van der Waals surface area contributed by atoms with Crippen molar-refractivity contribution < 1.29 is 22.7 Å². The van der Waals surface area contributed by atoms with E-state index >= 15 is 0 Å². The van der Waals surface area contributed by atoms with E-state index in [9.17, 15) is 18.0 Å². The Kier molecular flexibility index (Phi) is 10.4. The smallest absolute Gasteiger partial charge is 0.410 e. The first-order chi connectivity index (χ1) is 16.1. The van der Waals surface area contributed by atoms with Gasteiger partial charge in [-0.05, 0) is 38.8 Å². The standard InChI is InChI=1S/C25H33F3N3O2P/c1-5-7-12-29-18(3)23(20(6-2)21-10-8-9-11-22(21)26)19(4)30-13-15-31(16-14-30)24(32)33-17-25(27,28)34/h6-12H,5,13-17,34H2,1-4H3/b12-7+,20-6-,23-19-,29-18+. The molecule has 0 spiro atoms. The number of halogens is 3. The predicted molar refractivity (Wildman–Crippen MR) is 134 cm³/mol. The second kappa shape index (κ2) is 12.7. The number of nitrogens with zero attached hydrogens (tertiary/aromatic N) is 3. The minimum Gasteiger partial charge on any atom is -0.443 e. The molecule has 5 nitrogen and oxygen atoms in total. The zero-order valence-corrected chi connectivity index (χ0v) is 21.3. The minimum atomic E-state index is -3.15. The Labute approximate surface area is 202 Å². The van der Waals surface area contributed by atoms with Crippen LogP contribution < -0.4 is 0 Å². The van der Waals surface area contributed by atoms with Gasteiger partial charge in [0.05, 0.1) is 0 Å². The molecule has 0 aromatic heterocycles. The van der Waals surface area contributed by atoms with Crippen molar-refractivity contribution in [2.75, 3.05) is 32.8 Å². The van der Waals surface area contributed by atoms with Gasteiger partial charge in [0.25, 0.3) is 5.66 Å². The molecule has 186 valence electrons. The van der Waals surface area contributed by atoms with Gasteiger partial charge >= 0.3 is 6.09 Å². The SMILES string of the molecule is C\C=C(C(/C(C)=N/C=C/CC)=C(/C)N1CCN(C(=O)OCC(F)(F)P)CC1)\c1ccccc1F. The molecule has 0 bridgehead atoms. The molecule has 0 aliphatic carbocycles. The molecule has 1 atom stereocenters. The van der Waals surface area contributed by atoms with Crippen LogP contribution in [-0.2, 0) is 4.74 Å². The van der Waals surface area contributed by atoms with Gasteiger partial charge in [0.1, 0.15) is 5.82 Å². The fourth-order valence-electron chi connectivity index (χ4n) is 3.73. The fourth-order valence-corrected chi connectivity index (χ4v) is 3.82. The Balaban J connectivity index is 2.33. The second-order valence-electron chi connectivity index (χ2n) is 7.94. The lowest BCUT2D eigenvalue weighted by atomic mass is 9.92. The molecule has 1 aromatic rings. The van der Waals surface area contributed by atoms with Crippen LogP contribution in [0.3, 0.4) is 0 Å². The van der Waals surface area contributed by atoms with E-state index in [1.54, 1.807) is 24.4 Å². The van der Waals surface area contributed by atoms with E-state index in [0.29, 0.717) is 31.7 Å². The van der Waals surface area contributed by atoms with Gasteiger partial charge < -0.3 is 14.5 Å². The summed E-state index contributed by atoms with van der Waals surface area (Å²) in [7, 11) is 1.36. The lowest BCUT2D eigenvalue weighted by molar-refractivity contribution is 0.00423. The largest absolute Gasteiger partial charge is 0.443 e. The van der Waals surface area contributed by atoms with Gasteiger partial charge in [-0.2, -0.15) is 8.78 Å². The minimum absolute atomic E-state index is 0.322. The lowest BCUT2D eigenvalue weighted by Gasteiger charge is -2.37. The summed E-state index contributed by atoms with van der Waals surface area (Å²) in [6.45, 7) is 8.34. The van der Waals surface area contributed by atoms with E-state index in [0.717, 1.165) is 29.0 Å². The molecule has 1 aliphatic heterocycles. The Morgan fingerprint density at radius 1 is 1.18 bits per heavy atom. The average Bonchev–Trinajstić information content (AvgIpc) is 2.81. The molecule has 1 saturated heterocycles. The number of ether oxygens (including phenoxy) is 1. The summed E-state index contributed by atoms with van der Waals surface area (Å²) in [5.41, 5.74) is 0.507.